The molecule has 0 aromatic carbocycles. The summed E-state index contributed by atoms with van der Waals surface area (Å²) in [6, 6.07) is 4.08. The lowest BCUT2D eigenvalue weighted by Gasteiger charge is -2.11. The molecule has 3 rings (SSSR count). The van der Waals surface area contributed by atoms with Gasteiger partial charge in [-0.1, -0.05) is 0 Å². The van der Waals surface area contributed by atoms with Gasteiger partial charge >= 0.3 is 0 Å². The van der Waals surface area contributed by atoms with Crippen LogP contribution < -0.4 is 22.1 Å². The van der Waals surface area contributed by atoms with E-state index in [4.69, 9.17) is 15.9 Å². The largest absolute Gasteiger partial charge is 0.461 e. The summed E-state index contributed by atoms with van der Waals surface area (Å²) in [5, 5.41) is 16.7. The minimum atomic E-state index is -0.625. The van der Waals surface area contributed by atoms with Crippen molar-refractivity contribution in [1.82, 2.24) is 10.3 Å². The molecular weight excluding hydrogens is 376 g/mol. The van der Waals surface area contributed by atoms with E-state index in [1.807, 2.05) is 27.0 Å². The minimum absolute atomic E-state index is 0.222. The van der Waals surface area contributed by atoms with Gasteiger partial charge in [-0.05, 0) is 45.5 Å². The van der Waals surface area contributed by atoms with E-state index in [0.29, 0.717) is 39.5 Å². The first kappa shape index (κ1) is 19.7. The lowest BCUT2D eigenvalue weighted by molar-refractivity contribution is 0.100. The Hall–Kier alpha value is -3.09. The van der Waals surface area contributed by atoms with Crippen LogP contribution in [0.25, 0.3) is 21.5 Å². The Balaban J connectivity index is 2.28. The number of carbonyl (C=O) groups is 1. The highest BCUT2D eigenvalue weighted by molar-refractivity contribution is 7.21. The van der Waals surface area contributed by atoms with E-state index in [-0.39, 0.29) is 10.6 Å². The summed E-state index contributed by atoms with van der Waals surface area (Å²) in [6.45, 7) is 5.24. The number of pyridine rings is 1. The molecule has 0 bridgehead atoms. The maximum absolute atomic E-state index is 11.8. The number of nitrogen functional groups attached to an aromatic ring is 1. The predicted molar refractivity (Wildman–Crippen MR) is 111 cm³/mol. The summed E-state index contributed by atoms with van der Waals surface area (Å²) in [5.74, 6) is 1.07. The lowest BCUT2D eigenvalue weighted by atomic mass is 10.0. The van der Waals surface area contributed by atoms with Gasteiger partial charge in [-0.25, -0.2) is 4.98 Å². The van der Waals surface area contributed by atoms with Crippen LogP contribution in [0.5, 0.6) is 0 Å². The molecule has 0 saturated carbocycles. The molecule has 9 heteroatoms. The van der Waals surface area contributed by atoms with E-state index in [1.165, 1.54) is 0 Å². The highest BCUT2D eigenvalue weighted by atomic mass is 32.1. The summed E-state index contributed by atoms with van der Waals surface area (Å²) in [7, 11) is 1.88. The zero-order valence-corrected chi connectivity index (χ0v) is 16.8. The smallest absolute Gasteiger partial charge is 0.260 e. The number of furan rings is 1. The predicted octanol–water partition coefficient (Wildman–Crippen LogP) is 2.75. The number of hydrogen-bond donors (Lipinski definition) is 4. The molecule has 0 aliphatic heterocycles. The Labute approximate surface area is 166 Å². The van der Waals surface area contributed by atoms with Gasteiger partial charge in [-0.2, -0.15) is 5.26 Å². The third kappa shape index (κ3) is 3.40. The molecule has 3 heterocycles. The van der Waals surface area contributed by atoms with Crippen LogP contribution in [0.3, 0.4) is 0 Å². The van der Waals surface area contributed by atoms with Crippen LogP contribution in [0.2, 0.25) is 0 Å². The van der Waals surface area contributed by atoms with Gasteiger partial charge in [-0.15, -0.1) is 11.3 Å². The number of nitrogens with zero attached hydrogens (tertiary/aromatic N) is 2. The van der Waals surface area contributed by atoms with Crippen molar-refractivity contribution >= 4 is 39.0 Å². The zero-order chi connectivity index (χ0) is 20.4. The molecule has 0 radical (unpaired) electrons. The average Bonchev–Trinajstić information content (AvgIpc) is 3.17. The molecule has 146 valence electrons. The molecule has 6 N–H and O–H groups in total. The van der Waals surface area contributed by atoms with Crippen LogP contribution in [0.1, 0.15) is 33.0 Å². The third-order valence-corrected chi connectivity index (χ3v) is 5.63. The van der Waals surface area contributed by atoms with Crippen LogP contribution in [-0.4, -0.2) is 31.0 Å². The Morgan fingerprint density at radius 2 is 2.14 bits per heavy atom. The Morgan fingerprint density at radius 3 is 2.71 bits per heavy atom. The second-order valence-electron chi connectivity index (χ2n) is 6.45. The van der Waals surface area contributed by atoms with Gasteiger partial charge < -0.3 is 26.5 Å². The topological polar surface area (TPSA) is 143 Å². The SMILES string of the molecule is CNCCCNc1nc2sc(C(N)=O)c(N)c2c(-c2cc(C)c(C)o2)c1C#N. The Kier molecular flexibility index (Phi) is 5.53. The van der Waals surface area contributed by atoms with Crippen molar-refractivity contribution in [2.24, 2.45) is 5.73 Å². The van der Waals surface area contributed by atoms with Crippen LogP contribution in [0.15, 0.2) is 10.5 Å². The molecule has 0 atom stereocenters. The number of rotatable bonds is 7. The monoisotopic (exact) mass is 398 g/mol. The number of anilines is 2. The quantitative estimate of drug-likeness (QED) is 0.448. The molecule has 8 nitrogen and oxygen atoms in total. The standard InChI is InChI=1S/C19H22N6O2S/c1-9-7-12(27-10(9)2)13-11(8-20)18(24-6-4-5-23-3)25-19-14(13)15(21)16(28-19)17(22)26/h7,23H,4-6,21H2,1-3H3,(H2,22,26)(H,24,25). The minimum Gasteiger partial charge on any atom is -0.461 e. The molecule has 0 unspecified atom stereocenters. The summed E-state index contributed by atoms with van der Waals surface area (Å²) in [4.78, 5) is 17.1. The van der Waals surface area contributed by atoms with Gasteiger partial charge in [-0.3, -0.25) is 4.79 Å². The molecule has 28 heavy (non-hydrogen) atoms. The normalized spacial score (nSPS) is 10.9. The number of primary amides is 1. The number of carbonyl (C=O) groups excluding carboxylic acids is 1. The van der Waals surface area contributed by atoms with E-state index in [0.717, 1.165) is 35.6 Å². The molecule has 0 spiro atoms. The van der Waals surface area contributed by atoms with Crippen molar-refractivity contribution in [3.05, 3.63) is 27.8 Å². The summed E-state index contributed by atoms with van der Waals surface area (Å²) in [5.41, 5.74) is 13.7. The Morgan fingerprint density at radius 1 is 1.39 bits per heavy atom. The van der Waals surface area contributed by atoms with E-state index in [2.05, 4.69) is 21.7 Å². The van der Waals surface area contributed by atoms with Crippen LogP contribution in [0.4, 0.5) is 11.5 Å². The molecule has 0 aliphatic carbocycles. The van der Waals surface area contributed by atoms with Gasteiger partial charge in [0, 0.05) is 11.9 Å². The van der Waals surface area contributed by atoms with Crippen molar-refractivity contribution < 1.29 is 9.21 Å². The molecule has 3 aromatic rings. The number of aromatic nitrogens is 1. The van der Waals surface area contributed by atoms with Crippen molar-refractivity contribution in [2.45, 2.75) is 20.3 Å². The first-order valence-electron chi connectivity index (χ1n) is 8.80. The van der Waals surface area contributed by atoms with Crippen molar-refractivity contribution in [3.8, 4) is 17.4 Å². The van der Waals surface area contributed by atoms with Crippen LogP contribution in [-0.2, 0) is 0 Å². The maximum atomic E-state index is 11.8. The van der Waals surface area contributed by atoms with E-state index in [1.54, 1.807) is 0 Å². The second kappa shape index (κ2) is 7.88. The second-order valence-corrected chi connectivity index (χ2v) is 7.44. The van der Waals surface area contributed by atoms with Gasteiger partial charge in [0.2, 0.25) is 0 Å². The fourth-order valence-electron chi connectivity index (χ4n) is 2.99. The van der Waals surface area contributed by atoms with Crippen LogP contribution in [0, 0.1) is 25.2 Å². The highest BCUT2D eigenvalue weighted by Crippen LogP contribution is 2.43. The van der Waals surface area contributed by atoms with Gasteiger partial charge in [0.25, 0.3) is 5.91 Å². The van der Waals surface area contributed by atoms with Crippen LogP contribution >= 0.6 is 11.3 Å². The lowest BCUT2D eigenvalue weighted by Crippen LogP contribution is -2.14. The van der Waals surface area contributed by atoms with Crippen molar-refractivity contribution in [1.29, 1.82) is 5.26 Å². The number of hydrogen-bond acceptors (Lipinski definition) is 8. The fraction of sp³-hybridized carbons (Fsp3) is 0.316. The number of nitrogens with two attached hydrogens (primary N) is 2. The van der Waals surface area contributed by atoms with Crippen molar-refractivity contribution in [2.75, 3.05) is 31.2 Å². The van der Waals surface area contributed by atoms with Gasteiger partial charge in [0.15, 0.2) is 0 Å². The first-order chi connectivity index (χ1) is 13.4. The number of amides is 1. The number of nitrogens with one attached hydrogen (secondary N) is 2. The van der Waals surface area contributed by atoms with E-state index < -0.39 is 5.91 Å². The van der Waals surface area contributed by atoms with Gasteiger partial charge in [0.05, 0.1) is 11.3 Å². The van der Waals surface area contributed by atoms with Crippen molar-refractivity contribution in [3.63, 3.8) is 0 Å². The molecule has 1 amide bonds. The average molecular weight is 398 g/mol. The fourth-order valence-corrected chi connectivity index (χ4v) is 3.94. The van der Waals surface area contributed by atoms with E-state index in [9.17, 15) is 10.1 Å². The molecule has 0 fully saturated rings. The number of thiophene rings is 1. The van der Waals surface area contributed by atoms with Gasteiger partial charge in [0.1, 0.15) is 38.7 Å². The summed E-state index contributed by atoms with van der Waals surface area (Å²) in [6.07, 6.45) is 0.856. The number of aryl methyl sites for hydroxylation is 2. The molecule has 0 aliphatic rings. The first-order valence-corrected chi connectivity index (χ1v) is 9.62. The third-order valence-electron chi connectivity index (χ3n) is 4.52. The Bertz CT molecular complexity index is 1070. The molecule has 3 aromatic heterocycles. The number of fused-ring (bicyclic) bond motifs is 1. The number of nitriles is 1. The zero-order valence-electron chi connectivity index (χ0n) is 16.0. The summed E-state index contributed by atoms with van der Waals surface area (Å²) < 4.78 is 5.89. The highest BCUT2D eigenvalue weighted by Gasteiger charge is 2.26. The molecule has 0 saturated heterocycles. The molecular formula is C19H22N6O2S. The summed E-state index contributed by atoms with van der Waals surface area (Å²) >= 11 is 1.11. The maximum Gasteiger partial charge on any atom is 0.260 e. The van der Waals surface area contributed by atoms with E-state index >= 15 is 0 Å².